The molecule has 110 valence electrons. The van der Waals surface area contributed by atoms with E-state index in [0.29, 0.717) is 26.0 Å². The zero-order chi connectivity index (χ0) is 14.3. The van der Waals surface area contributed by atoms with Gasteiger partial charge in [-0.1, -0.05) is 6.42 Å². The van der Waals surface area contributed by atoms with Gasteiger partial charge in [-0.15, -0.1) is 0 Å². The SMILES string of the molecule is CCOC(=O)CCCCCN1CCC(N)(C(=O)O)C1. The highest BCUT2D eigenvalue weighted by Crippen LogP contribution is 2.19. The zero-order valence-corrected chi connectivity index (χ0v) is 11.6. The van der Waals surface area contributed by atoms with Crippen LogP contribution in [-0.4, -0.2) is 53.7 Å². The number of nitrogens with zero attached hydrogens (tertiary/aromatic N) is 1. The van der Waals surface area contributed by atoms with Crippen LogP contribution in [0, 0.1) is 0 Å². The van der Waals surface area contributed by atoms with Crippen molar-refractivity contribution in [3.05, 3.63) is 0 Å². The molecular weight excluding hydrogens is 248 g/mol. The van der Waals surface area contributed by atoms with Crippen molar-refractivity contribution >= 4 is 11.9 Å². The molecule has 0 amide bonds. The lowest BCUT2D eigenvalue weighted by atomic mass is 10.0. The molecule has 0 saturated carbocycles. The van der Waals surface area contributed by atoms with Crippen molar-refractivity contribution in [2.75, 3.05) is 26.2 Å². The highest BCUT2D eigenvalue weighted by Gasteiger charge is 2.40. The average molecular weight is 272 g/mol. The molecular formula is C13H24N2O4. The Balaban J connectivity index is 2.08. The molecule has 1 atom stereocenters. The number of likely N-dealkylation sites (tertiary alicyclic amines) is 1. The predicted octanol–water partition coefficient (Wildman–Crippen LogP) is 0.598. The van der Waals surface area contributed by atoms with Crippen molar-refractivity contribution in [1.29, 1.82) is 0 Å². The van der Waals surface area contributed by atoms with Gasteiger partial charge in [0.1, 0.15) is 5.54 Å². The Labute approximate surface area is 113 Å². The Morgan fingerprint density at radius 2 is 2.11 bits per heavy atom. The third-order valence-corrected chi connectivity index (χ3v) is 3.47. The average Bonchev–Trinajstić information content (AvgIpc) is 2.72. The van der Waals surface area contributed by atoms with Gasteiger partial charge in [-0.25, -0.2) is 0 Å². The molecule has 1 saturated heterocycles. The summed E-state index contributed by atoms with van der Waals surface area (Å²) in [6.45, 7) is 4.23. The van der Waals surface area contributed by atoms with Crippen molar-refractivity contribution in [1.82, 2.24) is 4.90 Å². The summed E-state index contributed by atoms with van der Waals surface area (Å²) in [6.07, 6.45) is 3.68. The maximum absolute atomic E-state index is 11.1. The second-order valence-corrected chi connectivity index (χ2v) is 5.10. The summed E-state index contributed by atoms with van der Waals surface area (Å²) < 4.78 is 4.84. The number of hydrogen-bond donors (Lipinski definition) is 2. The minimum Gasteiger partial charge on any atom is -0.480 e. The van der Waals surface area contributed by atoms with E-state index in [-0.39, 0.29) is 5.97 Å². The third-order valence-electron chi connectivity index (χ3n) is 3.47. The number of nitrogens with two attached hydrogens (primary N) is 1. The van der Waals surface area contributed by atoms with Crippen LogP contribution in [0.15, 0.2) is 0 Å². The van der Waals surface area contributed by atoms with Gasteiger partial charge in [-0.3, -0.25) is 9.59 Å². The van der Waals surface area contributed by atoms with E-state index in [0.717, 1.165) is 32.4 Å². The van der Waals surface area contributed by atoms with Gasteiger partial charge in [0.05, 0.1) is 6.61 Å². The monoisotopic (exact) mass is 272 g/mol. The zero-order valence-electron chi connectivity index (χ0n) is 11.6. The fraction of sp³-hybridized carbons (Fsp3) is 0.846. The molecule has 1 fully saturated rings. The van der Waals surface area contributed by atoms with Gasteiger partial charge < -0.3 is 20.5 Å². The molecule has 1 aliphatic rings. The molecule has 6 heteroatoms. The molecule has 0 radical (unpaired) electrons. The van der Waals surface area contributed by atoms with E-state index in [4.69, 9.17) is 15.6 Å². The number of carbonyl (C=O) groups is 2. The summed E-state index contributed by atoms with van der Waals surface area (Å²) in [4.78, 5) is 24.2. The number of carbonyl (C=O) groups excluding carboxylic acids is 1. The minimum absolute atomic E-state index is 0.143. The first kappa shape index (κ1) is 15.9. The van der Waals surface area contributed by atoms with Crippen molar-refractivity contribution in [3.8, 4) is 0 Å². The van der Waals surface area contributed by atoms with Gasteiger partial charge in [-0.2, -0.15) is 0 Å². The number of rotatable bonds is 8. The predicted molar refractivity (Wildman–Crippen MR) is 70.7 cm³/mol. The van der Waals surface area contributed by atoms with Crippen LogP contribution in [0.25, 0.3) is 0 Å². The molecule has 0 aliphatic carbocycles. The van der Waals surface area contributed by atoms with E-state index in [9.17, 15) is 9.59 Å². The Kier molecular flexibility index (Phi) is 6.24. The molecule has 6 nitrogen and oxygen atoms in total. The largest absolute Gasteiger partial charge is 0.480 e. The molecule has 1 rings (SSSR count). The molecule has 0 spiro atoms. The van der Waals surface area contributed by atoms with Gasteiger partial charge in [0.25, 0.3) is 0 Å². The van der Waals surface area contributed by atoms with Crippen LogP contribution in [-0.2, 0) is 14.3 Å². The molecule has 0 bridgehead atoms. The summed E-state index contributed by atoms with van der Waals surface area (Å²) in [6, 6.07) is 0. The van der Waals surface area contributed by atoms with Crippen molar-refractivity contribution in [2.45, 2.75) is 44.6 Å². The molecule has 1 aliphatic heterocycles. The molecule has 1 heterocycles. The van der Waals surface area contributed by atoms with E-state index in [2.05, 4.69) is 4.90 Å². The smallest absolute Gasteiger partial charge is 0.325 e. The third kappa shape index (κ3) is 5.16. The summed E-state index contributed by atoms with van der Waals surface area (Å²) in [5.41, 5.74) is 4.71. The summed E-state index contributed by atoms with van der Waals surface area (Å²) in [5.74, 6) is -1.06. The number of hydrogen-bond acceptors (Lipinski definition) is 5. The van der Waals surface area contributed by atoms with Gasteiger partial charge >= 0.3 is 11.9 Å². The Morgan fingerprint density at radius 3 is 2.68 bits per heavy atom. The molecule has 0 aromatic heterocycles. The second-order valence-electron chi connectivity index (χ2n) is 5.10. The van der Waals surface area contributed by atoms with E-state index < -0.39 is 11.5 Å². The fourth-order valence-corrected chi connectivity index (χ4v) is 2.29. The highest BCUT2D eigenvalue weighted by molar-refractivity contribution is 5.79. The maximum Gasteiger partial charge on any atom is 0.325 e. The number of aliphatic carboxylic acids is 1. The van der Waals surface area contributed by atoms with E-state index in [1.165, 1.54) is 0 Å². The quantitative estimate of drug-likeness (QED) is 0.496. The topological polar surface area (TPSA) is 92.9 Å². The van der Waals surface area contributed by atoms with E-state index in [1.54, 1.807) is 6.92 Å². The van der Waals surface area contributed by atoms with Crippen LogP contribution in [0.2, 0.25) is 0 Å². The number of unbranched alkanes of at least 4 members (excludes halogenated alkanes) is 2. The molecule has 0 aromatic carbocycles. The van der Waals surface area contributed by atoms with Crippen molar-refractivity contribution < 1.29 is 19.4 Å². The van der Waals surface area contributed by atoms with Crippen LogP contribution in [0.5, 0.6) is 0 Å². The second kappa shape index (κ2) is 7.45. The molecule has 19 heavy (non-hydrogen) atoms. The molecule has 1 unspecified atom stereocenters. The van der Waals surface area contributed by atoms with Crippen LogP contribution < -0.4 is 5.73 Å². The Hall–Kier alpha value is -1.14. The lowest BCUT2D eigenvalue weighted by Gasteiger charge is -2.19. The van der Waals surface area contributed by atoms with Gasteiger partial charge in [0.2, 0.25) is 0 Å². The maximum atomic E-state index is 11.1. The van der Waals surface area contributed by atoms with Gasteiger partial charge in [0, 0.05) is 19.5 Å². The summed E-state index contributed by atoms with van der Waals surface area (Å²) in [7, 11) is 0. The Morgan fingerprint density at radius 1 is 1.37 bits per heavy atom. The summed E-state index contributed by atoms with van der Waals surface area (Å²) >= 11 is 0. The lowest BCUT2D eigenvalue weighted by Crippen LogP contribution is -2.50. The first-order valence-electron chi connectivity index (χ1n) is 6.88. The highest BCUT2D eigenvalue weighted by atomic mass is 16.5. The number of carboxylic acid groups (broad SMARTS) is 1. The van der Waals surface area contributed by atoms with Gasteiger partial charge in [-0.05, 0) is 32.7 Å². The first-order chi connectivity index (χ1) is 8.98. The first-order valence-corrected chi connectivity index (χ1v) is 6.88. The van der Waals surface area contributed by atoms with Crippen LogP contribution in [0.3, 0.4) is 0 Å². The number of carboxylic acids is 1. The molecule has 0 aromatic rings. The van der Waals surface area contributed by atoms with Crippen LogP contribution in [0.1, 0.15) is 39.0 Å². The Bertz CT molecular complexity index is 322. The lowest BCUT2D eigenvalue weighted by molar-refractivity contribution is -0.144. The van der Waals surface area contributed by atoms with Crippen molar-refractivity contribution in [2.24, 2.45) is 5.73 Å². The standard InChI is InChI=1S/C13H24N2O4/c1-2-19-11(16)6-4-3-5-8-15-9-7-13(14,10-15)12(17)18/h2-10,14H2,1H3,(H,17,18). The minimum atomic E-state index is -1.08. The normalized spacial score (nSPS) is 23.5. The van der Waals surface area contributed by atoms with E-state index >= 15 is 0 Å². The van der Waals surface area contributed by atoms with E-state index in [1.807, 2.05) is 0 Å². The number of ether oxygens (including phenoxy) is 1. The van der Waals surface area contributed by atoms with Crippen LogP contribution >= 0.6 is 0 Å². The number of esters is 1. The fourth-order valence-electron chi connectivity index (χ4n) is 2.29. The van der Waals surface area contributed by atoms with Gasteiger partial charge in [0.15, 0.2) is 0 Å². The summed E-state index contributed by atoms with van der Waals surface area (Å²) in [5, 5.41) is 9.01. The molecule has 3 N–H and O–H groups in total. The van der Waals surface area contributed by atoms with Crippen LogP contribution in [0.4, 0.5) is 0 Å². The van der Waals surface area contributed by atoms with Crippen molar-refractivity contribution in [3.63, 3.8) is 0 Å².